The first-order valence-electron chi connectivity index (χ1n) is 6.46. The van der Waals surface area contributed by atoms with Gasteiger partial charge in [0.2, 0.25) is 0 Å². The number of para-hydroxylation sites is 1. The third kappa shape index (κ3) is 1.86. The molecule has 4 nitrogen and oxygen atoms in total. The van der Waals surface area contributed by atoms with Gasteiger partial charge in [0, 0.05) is 18.4 Å². The van der Waals surface area contributed by atoms with Crippen molar-refractivity contribution in [3.63, 3.8) is 0 Å². The first kappa shape index (κ1) is 14.5. The molecule has 2 atom stereocenters. The van der Waals surface area contributed by atoms with Crippen LogP contribution in [-0.2, 0) is 19.1 Å². The van der Waals surface area contributed by atoms with Crippen LogP contribution in [-0.4, -0.2) is 25.1 Å². The molecule has 0 saturated carbocycles. The molecule has 6 heteroatoms. The van der Waals surface area contributed by atoms with Gasteiger partial charge in [0.05, 0.1) is 14.2 Å². The number of ether oxygens (including phenoxy) is 3. The van der Waals surface area contributed by atoms with Crippen LogP contribution in [0.1, 0.15) is 18.4 Å². The summed E-state index contributed by atoms with van der Waals surface area (Å²) in [7, 11) is 3.06. The van der Waals surface area contributed by atoms with E-state index < -0.39 is 15.7 Å². The summed E-state index contributed by atoms with van der Waals surface area (Å²) in [6, 6.07) is 7.14. The van der Waals surface area contributed by atoms with Crippen LogP contribution < -0.4 is 4.74 Å². The number of carbonyl (C=O) groups is 1. The number of carbonyl (C=O) groups excluding carboxylic acids is 1. The zero-order valence-corrected chi connectivity index (χ0v) is 13.1. The summed E-state index contributed by atoms with van der Waals surface area (Å²) in [5, 5.41) is 0. The van der Waals surface area contributed by atoms with Crippen molar-refractivity contribution in [2.75, 3.05) is 14.2 Å². The highest BCUT2D eigenvalue weighted by Gasteiger charge is 2.64. The summed E-state index contributed by atoms with van der Waals surface area (Å²) >= 11 is 13.5. The van der Waals surface area contributed by atoms with Crippen LogP contribution in [0.25, 0.3) is 0 Å². The predicted octanol–water partition coefficient (Wildman–Crippen LogP) is 3.32. The summed E-state index contributed by atoms with van der Waals surface area (Å²) in [5.41, 5.74) is 0.686. The molecule has 0 radical (unpaired) electrons. The van der Waals surface area contributed by atoms with Crippen LogP contribution in [0.3, 0.4) is 0 Å². The molecule has 0 spiro atoms. The van der Waals surface area contributed by atoms with Gasteiger partial charge in [-0.25, -0.2) is 4.79 Å². The minimum absolute atomic E-state index is 0.116. The first-order valence-corrected chi connectivity index (χ1v) is 7.21. The SMILES string of the molecule is COC1=C(OC)CC2(Cl)c3ccccc3OC(=O)C2(Cl)C1. The Bertz CT molecular complexity index is 642. The fourth-order valence-corrected chi connectivity index (χ4v) is 3.65. The fourth-order valence-electron chi connectivity index (χ4n) is 2.90. The van der Waals surface area contributed by atoms with Crippen molar-refractivity contribution in [1.82, 2.24) is 0 Å². The standard InChI is InChI=1S/C15H14Cl2O4/c1-19-11-7-14(16)9-5-3-4-6-10(9)21-13(18)15(14,17)8-12(11)20-2/h3-6H,7-8H2,1-2H3. The lowest BCUT2D eigenvalue weighted by atomic mass is 9.73. The maximum atomic E-state index is 12.4. The van der Waals surface area contributed by atoms with E-state index in [1.807, 2.05) is 12.1 Å². The quantitative estimate of drug-likeness (QED) is 0.474. The Hall–Kier alpha value is -1.39. The number of rotatable bonds is 2. The van der Waals surface area contributed by atoms with Gasteiger partial charge in [0.1, 0.15) is 22.1 Å². The molecule has 2 unspecified atom stereocenters. The van der Waals surface area contributed by atoms with Crippen molar-refractivity contribution in [3.8, 4) is 5.75 Å². The highest BCUT2D eigenvalue weighted by atomic mass is 35.5. The number of methoxy groups -OCH3 is 2. The Labute approximate surface area is 132 Å². The molecule has 0 amide bonds. The van der Waals surface area contributed by atoms with E-state index in [0.717, 1.165) is 0 Å². The Morgan fingerprint density at radius 2 is 1.62 bits per heavy atom. The molecule has 0 aromatic heterocycles. The summed E-state index contributed by atoms with van der Waals surface area (Å²) < 4.78 is 16.0. The number of fused-ring (bicyclic) bond motifs is 3. The molecule has 0 saturated heterocycles. The smallest absolute Gasteiger partial charge is 0.335 e. The number of esters is 1. The Morgan fingerprint density at radius 1 is 1.05 bits per heavy atom. The summed E-state index contributed by atoms with van der Waals surface area (Å²) in [5.74, 6) is 0.973. The summed E-state index contributed by atoms with van der Waals surface area (Å²) in [6.45, 7) is 0. The van der Waals surface area contributed by atoms with Crippen molar-refractivity contribution in [3.05, 3.63) is 41.3 Å². The second kappa shape index (κ2) is 4.82. The van der Waals surface area contributed by atoms with Crippen LogP contribution >= 0.6 is 23.2 Å². The lowest BCUT2D eigenvalue weighted by molar-refractivity contribution is -0.141. The molecule has 1 aromatic rings. The molecule has 2 aliphatic rings. The predicted molar refractivity (Wildman–Crippen MR) is 78.5 cm³/mol. The summed E-state index contributed by atoms with van der Waals surface area (Å²) in [6.07, 6.45) is 0.370. The van der Waals surface area contributed by atoms with E-state index in [2.05, 4.69) is 0 Å². The minimum atomic E-state index is -1.42. The van der Waals surface area contributed by atoms with Gasteiger partial charge in [-0.2, -0.15) is 0 Å². The Kier molecular flexibility index (Phi) is 3.34. The van der Waals surface area contributed by atoms with Gasteiger partial charge < -0.3 is 14.2 Å². The molecule has 1 heterocycles. The monoisotopic (exact) mass is 328 g/mol. The van der Waals surface area contributed by atoms with Gasteiger partial charge in [-0.1, -0.05) is 18.2 Å². The Morgan fingerprint density at radius 3 is 2.24 bits per heavy atom. The van der Waals surface area contributed by atoms with E-state index in [1.165, 1.54) is 7.11 Å². The van der Waals surface area contributed by atoms with E-state index in [0.29, 0.717) is 22.8 Å². The molecule has 3 rings (SSSR count). The maximum absolute atomic E-state index is 12.4. The van der Waals surface area contributed by atoms with Crippen molar-refractivity contribution >= 4 is 29.2 Å². The molecule has 0 fully saturated rings. The van der Waals surface area contributed by atoms with Crippen LogP contribution in [0.5, 0.6) is 5.75 Å². The zero-order chi connectivity index (χ0) is 15.3. The second-order valence-corrected chi connectivity index (χ2v) is 6.39. The maximum Gasteiger partial charge on any atom is 0.335 e. The molecule has 21 heavy (non-hydrogen) atoms. The van der Waals surface area contributed by atoms with Crippen LogP contribution in [0.2, 0.25) is 0 Å². The molecule has 0 N–H and O–H groups in total. The van der Waals surface area contributed by atoms with Gasteiger partial charge >= 0.3 is 5.97 Å². The fraction of sp³-hybridized carbons (Fsp3) is 0.400. The first-order chi connectivity index (χ1) is 9.96. The average molecular weight is 329 g/mol. The van der Waals surface area contributed by atoms with E-state index in [-0.39, 0.29) is 12.8 Å². The van der Waals surface area contributed by atoms with E-state index >= 15 is 0 Å². The zero-order valence-electron chi connectivity index (χ0n) is 11.6. The van der Waals surface area contributed by atoms with E-state index in [1.54, 1.807) is 19.2 Å². The van der Waals surface area contributed by atoms with Gasteiger partial charge in [-0.15, -0.1) is 23.2 Å². The van der Waals surface area contributed by atoms with Gasteiger partial charge in [-0.05, 0) is 6.07 Å². The van der Waals surface area contributed by atoms with Crippen molar-refractivity contribution < 1.29 is 19.0 Å². The normalized spacial score (nSPS) is 31.1. The van der Waals surface area contributed by atoms with Crippen LogP contribution in [0.4, 0.5) is 0 Å². The molecule has 0 bridgehead atoms. The third-order valence-electron chi connectivity index (χ3n) is 4.08. The van der Waals surface area contributed by atoms with Crippen LogP contribution in [0, 0.1) is 0 Å². The molecule has 1 aliphatic heterocycles. The van der Waals surface area contributed by atoms with E-state index in [9.17, 15) is 4.79 Å². The topological polar surface area (TPSA) is 44.8 Å². The highest BCUT2D eigenvalue weighted by molar-refractivity contribution is 6.43. The van der Waals surface area contributed by atoms with E-state index in [4.69, 9.17) is 37.4 Å². The lowest BCUT2D eigenvalue weighted by Gasteiger charge is -2.47. The van der Waals surface area contributed by atoms with Crippen molar-refractivity contribution in [1.29, 1.82) is 0 Å². The molecule has 112 valence electrons. The number of alkyl halides is 2. The van der Waals surface area contributed by atoms with Gasteiger partial charge in [0.15, 0.2) is 4.87 Å². The molecular formula is C15H14Cl2O4. The number of hydrogen-bond acceptors (Lipinski definition) is 4. The van der Waals surface area contributed by atoms with Crippen LogP contribution in [0.15, 0.2) is 35.8 Å². The molecule has 1 aromatic carbocycles. The lowest BCUT2D eigenvalue weighted by Crippen LogP contribution is -2.57. The molecular weight excluding hydrogens is 315 g/mol. The number of allylic oxidation sites excluding steroid dienone is 2. The highest BCUT2D eigenvalue weighted by Crippen LogP contribution is 2.59. The number of hydrogen-bond donors (Lipinski definition) is 0. The Balaban J connectivity index is 2.22. The number of benzene rings is 1. The van der Waals surface area contributed by atoms with Crippen molar-refractivity contribution in [2.45, 2.75) is 22.6 Å². The molecule has 1 aliphatic carbocycles. The van der Waals surface area contributed by atoms with Crippen molar-refractivity contribution in [2.24, 2.45) is 0 Å². The largest absolute Gasteiger partial charge is 0.498 e. The van der Waals surface area contributed by atoms with Gasteiger partial charge in [0.25, 0.3) is 0 Å². The second-order valence-electron chi connectivity index (χ2n) is 5.10. The minimum Gasteiger partial charge on any atom is -0.498 e. The average Bonchev–Trinajstić information content (AvgIpc) is 2.49. The number of halogens is 2. The summed E-state index contributed by atoms with van der Waals surface area (Å²) in [4.78, 5) is 9.87. The van der Waals surface area contributed by atoms with Gasteiger partial charge in [-0.3, -0.25) is 0 Å². The third-order valence-corrected chi connectivity index (χ3v) is 5.45.